The maximum Gasteiger partial charge on any atom is 0.274 e. The van der Waals surface area contributed by atoms with Crippen molar-refractivity contribution in [3.63, 3.8) is 0 Å². The van der Waals surface area contributed by atoms with Crippen molar-refractivity contribution in [2.75, 3.05) is 33.8 Å². The van der Waals surface area contributed by atoms with Crippen molar-refractivity contribution in [2.45, 2.75) is 13.0 Å². The molecule has 0 radical (unpaired) electrons. The lowest BCUT2D eigenvalue weighted by Gasteiger charge is -2.23. The molecule has 1 aromatic rings. The Kier molecular flexibility index (Phi) is 3.68. The molecule has 0 bridgehead atoms. The molecule has 2 N–H and O–H groups in total. The van der Waals surface area contributed by atoms with Gasteiger partial charge in [-0.3, -0.25) is 9.89 Å². The van der Waals surface area contributed by atoms with Crippen LogP contribution in [0.15, 0.2) is 6.07 Å². The van der Waals surface area contributed by atoms with Crippen molar-refractivity contribution in [3.8, 4) is 0 Å². The monoisotopic (exact) mass is 252 g/mol. The number of aromatic amines is 1. The van der Waals surface area contributed by atoms with Crippen LogP contribution in [0, 0.1) is 12.8 Å². The molecule has 1 aliphatic rings. The second kappa shape index (κ2) is 5.07. The highest BCUT2D eigenvalue weighted by molar-refractivity contribution is 5.92. The van der Waals surface area contributed by atoms with Crippen molar-refractivity contribution in [3.05, 3.63) is 17.5 Å². The smallest absolute Gasteiger partial charge is 0.274 e. The number of rotatable bonds is 3. The molecule has 0 spiro atoms. The van der Waals surface area contributed by atoms with Gasteiger partial charge in [0.2, 0.25) is 0 Å². The Morgan fingerprint density at radius 2 is 2.33 bits per heavy atom. The maximum atomic E-state index is 12.2. The van der Waals surface area contributed by atoms with Crippen LogP contribution in [0.4, 0.5) is 0 Å². The van der Waals surface area contributed by atoms with E-state index in [4.69, 9.17) is 0 Å². The Morgan fingerprint density at radius 3 is 2.78 bits per heavy atom. The molecule has 1 saturated heterocycles. The molecule has 6 heteroatoms. The van der Waals surface area contributed by atoms with Crippen LogP contribution >= 0.6 is 0 Å². The van der Waals surface area contributed by atoms with Gasteiger partial charge in [0.15, 0.2) is 0 Å². The minimum absolute atomic E-state index is 0.0675. The molecule has 18 heavy (non-hydrogen) atoms. The summed E-state index contributed by atoms with van der Waals surface area (Å²) in [4.78, 5) is 16.1. The Hall–Kier alpha value is -1.40. The molecule has 1 aromatic heterocycles. The highest BCUT2D eigenvalue weighted by Crippen LogP contribution is 2.21. The molecule has 2 rings (SSSR count). The van der Waals surface area contributed by atoms with Gasteiger partial charge in [0, 0.05) is 37.4 Å². The summed E-state index contributed by atoms with van der Waals surface area (Å²) in [5.74, 6) is 0.0474. The fraction of sp³-hybridized carbons (Fsp3) is 0.667. The molecule has 1 fully saturated rings. The molecule has 0 aliphatic carbocycles. The lowest BCUT2D eigenvalue weighted by Crippen LogP contribution is -2.37. The fourth-order valence-electron chi connectivity index (χ4n) is 2.47. The Bertz CT molecular complexity index is 429. The maximum absolute atomic E-state index is 12.2. The van der Waals surface area contributed by atoms with Crippen molar-refractivity contribution in [2.24, 2.45) is 5.92 Å². The number of aromatic nitrogens is 2. The number of aryl methyl sites for hydroxylation is 1. The average molecular weight is 252 g/mol. The summed E-state index contributed by atoms with van der Waals surface area (Å²) in [7, 11) is 3.94. The van der Waals surface area contributed by atoms with Gasteiger partial charge in [-0.2, -0.15) is 5.10 Å². The van der Waals surface area contributed by atoms with Gasteiger partial charge < -0.3 is 14.9 Å². The minimum atomic E-state index is -0.0675. The summed E-state index contributed by atoms with van der Waals surface area (Å²) in [6.07, 6.45) is 0. The third-order valence-corrected chi connectivity index (χ3v) is 3.52. The SMILES string of the molecule is Cc1cc(C(=O)N2C[C@@H](CO)[C@H](N(C)C)C2)n[nH]1. The van der Waals surface area contributed by atoms with E-state index < -0.39 is 0 Å². The van der Waals surface area contributed by atoms with Gasteiger partial charge in [-0.15, -0.1) is 0 Å². The zero-order valence-electron chi connectivity index (χ0n) is 11.1. The lowest BCUT2D eigenvalue weighted by atomic mass is 10.0. The number of aliphatic hydroxyl groups is 1. The van der Waals surface area contributed by atoms with E-state index in [1.807, 2.05) is 21.0 Å². The van der Waals surface area contributed by atoms with Gasteiger partial charge in [0.25, 0.3) is 5.91 Å². The predicted octanol–water partition coefficient (Wildman–Crippen LogP) is -0.287. The Balaban J connectivity index is 2.09. The average Bonchev–Trinajstić information content (AvgIpc) is 2.93. The summed E-state index contributed by atoms with van der Waals surface area (Å²) in [6.45, 7) is 3.20. The van der Waals surface area contributed by atoms with E-state index in [-0.39, 0.29) is 24.5 Å². The van der Waals surface area contributed by atoms with E-state index in [1.54, 1.807) is 11.0 Å². The van der Waals surface area contributed by atoms with Crippen LogP contribution in [0.25, 0.3) is 0 Å². The van der Waals surface area contributed by atoms with Gasteiger partial charge in [0.1, 0.15) is 5.69 Å². The highest BCUT2D eigenvalue weighted by Gasteiger charge is 2.36. The predicted molar refractivity (Wildman–Crippen MR) is 67.3 cm³/mol. The zero-order valence-corrected chi connectivity index (χ0v) is 11.1. The van der Waals surface area contributed by atoms with Crippen LogP contribution in [0.5, 0.6) is 0 Å². The first kappa shape index (κ1) is 13.0. The Morgan fingerprint density at radius 1 is 1.61 bits per heavy atom. The van der Waals surface area contributed by atoms with Gasteiger partial charge in [-0.1, -0.05) is 0 Å². The van der Waals surface area contributed by atoms with Crippen molar-refractivity contribution in [1.82, 2.24) is 20.0 Å². The number of likely N-dealkylation sites (N-methyl/N-ethyl adjacent to an activating group) is 1. The number of carbonyl (C=O) groups is 1. The van der Waals surface area contributed by atoms with E-state index in [1.165, 1.54) is 0 Å². The van der Waals surface area contributed by atoms with Crippen LogP contribution in [0.3, 0.4) is 0 Å². The number of aliphatic hydroxyl groups excluding tert-OH is 1. The number of nitrogens with one attached hydrogen (secondary N) is 1. The molecule has 2 heterocycles. The molecule has 1 aliphatic heterocycles. The summed E-state index contributed by atoms with van der Waals surface area (Å²) in [6, 6.07) is 1.96. The third-order valence-electron chi connectivity index (χ3n) is 3.52. The largest absolute Gasteiger partial charge is 0.396 e. The molecule has 0 aromatic carbocycles. The number of likely N-dealkylation sites (tertiary alicyclic amines) is 1. The van der Waals surface area contributed by atoms with Crippen molar-refractivity contribution in [1.29, 1.82) is 0 Å². The number of carbonyl (C=O) groups excluding carboxylic acids is 1. The molecular formula is C12H20N4O2. The van der Waals surface area contributed by atoms with Crippen LogP contribution in [0.1, 0.15) is 16.2 Å². The van der Waals surface area contributed by atoms with Crippen LogP contribution in [0.2, 0.25) is 0 Å². The molecule has 100 valence electrons. The zero-order chi connectivity index (χ0) is 13.3. The molecular weight excluding hydrogens is 232 g/mol. The van der Waals surface area contributed by atoms with E-state index in [0.29, 0.717) is 18.8 Å². The second-order valence-corrected chi connectivity index (χ2v) is 5.12. The molecule has 2 atom stereocenters. The number of nitrogens with zero attached hydrogens (tertiary/aromatic N) is 3. The molecule has 1 amide bonds. The highest BCUT2D eigenvalue weighted by atomic mass is 16.3. The molecule has 0 unspecified atom stereocenters. The molecule has 6 nitrogen and oxygen atoms in total. The van der Waals surface area contributed by atoms with Gasteiger partial charge >= 0.3 is 0 Å². The normalized spacial score (nSPS) is 23.9. The van der Waals surface area contributed by atoms with E-state index >= 15 is 0 Å². The first-order valence-corrected chi connectivity index (χ1v) is 6.11. The standard InChI is InChI=1S/C12H20N4O2/c1-8-4-10(14-13-8)12(18)16-5-9(7-17)11(6-16)15(2)3/h4,9,11,17H,5-7H2,1-3H3,(H,13,14)/t9-,11+/m0/s1. The van der Waals surface area contributed by atoms with E-state index in [9.17, 15) is 9.90 Å². The van der Waals surface area contributed by atoms with E-state index in [2.05, 4.69) is 15.1 Å². The number of hydrogen-bond donors (Lipinski definition) is 2. The quantitative estimate of drug-likeness (QED) is 0.775. The fourth-order valence-corrected chi connectivity index (χ4v) is 2.47. The van der Waals surface area contributed by atoms with Crippen molar-refractivity contribution >= 4 is 5.91 Å². The van der Waals surface area contributed by atoms with Gasteiger partial charge in [0.05, 0.1) is 0 Å². The lowest BCUT2D eigenvalue weighted by molar-refractivity contribution is 0.0773. The summed E-state index contributed by atoms with van der Waals surface area (Å²) >= 11 is 0. The van der Waals surface area contributed by atoms with Gasteiger partial charge in [-0.25, -0.2) is 0 Å². The number of hydrogen-bond acceptors (Lipinski definition) is 4. The van der Waals surface area contributed by atoms with E-state index in [0.717, 1.165) is 5.69 Å². The van der Waals surface area contributed by atoms with Crippen LogP contribution in [-0.4, -0.2) is 70.8 Å². The topological polar surface area (TPSA) is 72.5 Å². The Labute approximate surface area is 107 Å². The first-order valence-electron chi connectivity index (χ1n) is 6.11. The van der Waals surface area contributed by atoms with Crippen LogP contribution < -0.4 is 0 Å². The molecule has 0 saturated carbocycles. The summed E-state index contributed by atoms with van der Waals surface area (Å²) in [5, 5.41) is 16.1. The van der Waals surface area contributed by atoms with Crippen LogP contribution in [-0.2, 0) is 0 Å². The second-order valence-electron chi connectivity index (χ2n) is 5.12. The number of amides is 1. The number of H-pyrrole nitrogens is 1. The summed E-state index contributed by atoms with van der Waals surface area (Å²) in [5.41, 5.74) is 1.32. The minimum Gasteiger partial charge on any atom is -0.396 e. The first-order chi connectivity index (χ1) is 8.52. The summed E-state index contributed by atoms with van der Waals surface area (Å²) < 4.78 is 0. The third kappa shape index (κ3) is 2.39. The van der Waals surface area contributed by atoms with Crippen molar-refractivity contribution < 1.29 is 9.90 Å². The van der Waals surface area contributed by atoms with Gasteiger partial charge in [-0.05, 0) is 27.1 Å².